The van der Waals surface area contributed by atoms with Gasteiger partial charge in [0.1, 0.15) is 7.40 Å². The number of hydrogen-bond donors (Lipinski definition) is 0. The van der Waals surface area contributed by atoms with Crippen LogP contribution in [-0.2, 0) is 11.3 Å². The van der Waals surface area contributed by atoms with E-state index in [-0.39, 0.29) is 0 Å². The van der Waals surface area contributed by atoms with Gasteiger partial charge in [0.2, 0.25) is 0 Å². The highest BCUT2D eigenvalue weighted by Crippen LogP contribution is 2.18. The van der Waals surface area contributed by atoms with Gasteiger partial charge in [0, 0.05) is 13.2 Å². The zero-order chi connectivity index (χ0) is 9.97. The quantitative estimate of drug-likeness (QED) is 0.707. The lowest BCUT2D eigenvalue weighted by molar-refractivity contribution is 0.100. The predicted molar refractivity (Wildman–Crippen MR) is 71.3 cm³/mol. The zero-order valence-corrected chi connectivity index (χ0v) is 12.1. The van der Waals surface area contributed by atoms with Crippen molar-refractivity contribution in [2.45, 2.75) is 31.9 Å². The Hall–Kier alpha value is 0.630. The van der Waals surface area contributed by atoms with E-state index in [0.717, 1.165) is 23.3 Å². The van der Waals surface area contributed by atoms with Crippen LogP contribution in [0.5, 0.6) is 0 Å². The fourth-order valence-corrected chi connectivity index (χ4v) is 2.59. The van der Waals surface area contributed by atoms with E-state index in [2.05, 4.69) is 54.7 Å². The molecule has 1 unspecified atom stereocenters. The first-order valence-corrected chi connectivity index (χ1v) is 6.91. The van der Waals surface area contributed by atoms with E-state index in [1.54, 1.807) is 0 Å². The summed E-state index contributed by atoms with van der Waals surface area (Å²) in [6, 6.07) is 0. The van der Waals surface area contributed by atoms with E-state index in [1.165, 1.54) is 16.5 Å². The molecule has 5 heteroatoms. The number of hydrogen-bond acceptors (Lipinski definition) is 2. The Bertz CT molecular complexity index is 308. The van der Waals surface area contributed by atoms with Crippen molar-refractivity contribution in [3.05, 3.63) is 13.7 Å². The molecule has 1 atom stereocenters. The van der Waals surface area contributed by atoms with E-state index < -0.39 is 0 Å². The highest BCUT2D eigenvalue weighted by molar-refractivity contribution is 14.1. The van der Waals surface area contributed by atoms with Crippen LogP contribution in [0.3, 0.4) is 0 Å². The standard InChI is InChI=1S/C9H12I2N2O/c10-8-9(11)13(6-12-8)4-3-7-2-1-5-14-7/h6-7H,1-5H2. The van der Waals surface area contributed by atoms with Crippen LogP contribution in [0.15, 0.2) is 6.33 Å². The third-order valence-electron chi connectivity index (χ3n) is 2.45. The third kappa shape index (κ3) is 2.60. The zero-order valence-electron chi connectivity index (χ0n) is 7.75. The van der Waals surface area contributed by atoms with Crippen molar-refractivity contribution in [1.29, 1.82) is 0 Å². The van der Waals surface area contributed by atoms with E-state index in [0.29, 0.717) is 6.10 Å². The lowest BCUT2D eigenvalue weighted by Gasteiger charge is -2.09. The van der Waals surface area contributed by atoms with Crippen LogP contribution < -0.4 is 0 Å². The van der Waals surface area contributed by atoms with E-state index in [9.17, 15) is 0 Å². The first kappa shape index (κ1) is 11.1. The highest BCUT2D eigenvalue weighted by Gasteiger charge is 2.15. The van der Waals surface area contributed by atoms with Crippen molar-refractivity contribution < 1.29 is 4.74 Å². The molecule has 0 N–H and O–H groups in total. The molecule has 3 nitrogen and oxygen atoms in total. The Balaban J connectivity index is 1.88. The number of ether oxygens (including phenoxy) is 1. The Morgan fingerprint density at radius 2 is 2.43 bits per heavy atom. The van der Waals surface area contributed by atoms with Crippen molar-refractivity contribution in [3.8, 4) is 0 Å². The maximum atomic E-state index is 5.58. The minimum Gasteiger partial charge on any atom is -0.378 e. The molecule has 0 radical (unpaired) electrons. The molecule has 1 aliphatic heterocycles. The second-order valence-corrected chi connectivity index (χ2v) is 5.49. The van der Waals surface area contributed by atoms with Gasteiger partial charge >= 0.3 is 0 Å². The van der Waals surface area contributed by atoms with Gasteiger partial charge in [-0.1, -0.05) is 0 Å². The number of nitrogens with zero attached hydrogens (tertiary/aromatic N) is 2. The molecule has 1 saturated heterocycles. The summed E-state index contributed by atoms with van der Waals surface area (Å²) in [4.78, 5) is 4.26. The van der Waals surface area contributed by atoms with Crippen LogP contribution in [0.4, 0.5) is 0 Å². The lowest BCUT2D eigenvalue weighted by atomic mass is 10.2. The minimum absolute atomic E-state index is 0.478. The van der Waals surface area contributed by atoms with Crippen LogP contribution in [0.25, 0.3) is 0 Å². The molecular weight excluding hydrogens is 406 g/mol. The molecule has 0 spiro atoms. The fourth-order valence-electron chi connectivity index (χ4n) is 1.65. The van der Waals surface area contributed by atoms with Crippen LogP contribution >= 0.6 is 45.2 Å². The third-order valence-corrected chi connectivity index (χ3v) is 5.40. The molecule has 0 amide bonds. The molecule has 0 aromatic carbocycles. The van der Waals surface area contributed by atoms with Crippen molar-refractivity contribution in [2.75, 3.05) is 6.61 Å². The summed E-state index contributed by atoms with van der Waals surface area (Å²) in [5.41, 5.74) is 0. The molecule has 1 fully saturated rings. The van der Waals surface area contributed by atoms with Gasteiger partial charge in [-0.05, 0) is 64.4 Å². The van der Waals surface area contributed by atoms with E-state index in [4.69, 9.17) is 4.74 Å². The summed E-state index contributed by atoms with van der Waals surface area (Å²) < 4.78 is 10.1. The Morgan fingerprint density at radius 1 is 1.57 bits per heavy atom. The number of aromatic nitrogens is 2. The number of aryl methyl sites for hydroxylation is 1. The molecule has 78 valence electrons. The smallest absolute Gasteiger partial charge is 0.132 e. The van der Waals surface area contributed by atoms with Crippen LogP contribution in [0.2, 0.25) is 0 Å². The van der Waals surface area contributed by atoms with Gasteiger partial charge in [0.05, 0.1) is 12.4 Å². The van der Waals surface area contributed by atoms with Crippen LogP contribution in [0.1, 0.15) is 19.3 Å². The van der Waals surface area contributed by atoms with E-state index in [1.807, 2.05) is 6.33 Å². The minimum atomic E-state index is 0.478. The summed E-state index contributed by atoms with van der Waals surface area (Å²) in [5.74, 6) is 0. The Labute approximate surface area is 111 Å². The largest absolute Gasteiger partial charge is 0.378 e. The molecule has 2 rings (SSSR count). The Kier molecular flexibility index (Phi) is 4.06. The summed E-state index contributed by atoms with van der Waals surface area (Å²) in [6.07, 6.45) is 5.96. The Morgan fingerprint density at radius 3 is 3.00 bits per heavy atom. The highest BCUT2D eigenvalue weighted by atomic mass is 127. The topological polar surface area (TPSA) is 27.1 Å². The second kappa shape index (κ2) is 5.11. The molecule has 2 heterocycles. The summed E-state index contributed by atoms with van der Waals surface area (Å²) in [5, 5.41) is 0. The normalized spacial score (nSPS) is 21.7. The SMILES string of the molecule is Ic1ncn(CCC2CCCO2)c1I. The summed E-state index contributed by atoms with van der Waals surface area (Å²) >= 11 is 4.60. The van der Waals surface area contributed by atoms with Gasteiger partial charge in [-0.3, -0.25) is 0 Å². The summed E-state index contributed by atoms with van der Waals surface area (Å²) in [6.45, 7) is 1.97. The van der Waals surface area contributed by atoms with Crippen LogP contribution in [-0.4, -0.2) is 22.3 Å². The molecule has 0 aliphatic carbocycles. The first-order chi connectivity index (χ1) is 6.77. The molecular formula is C9H12I2N2O. The van der Waals surface area contributed by atoms with Gasteiger partial charge < -0.3 is 9.30 Å². The molecule has 0 saturated carbocycles. The molecule has 14 heavy (non-hydrogen) atoms. The van der Waals surface area contributed by atoms with Gasteiger partial charge in [0.25, 0.3) is 0 Å². The average molecular weight is 418 g/mol. The fraction of sp³-hybridized carbons (Fsp3) is 0.667. The maximum absolute atomic E-state index is 5.58. The monoisotopic (exact) mass is 418 g/mol. The van der Waals surface area contributed by atoms with Crippen LogP contribution in [0, 0.1) is 7.40 Å². The van der Waals surface area contributed by atoms with Gasteiger partial charge in [-0.2, -0.15) is 0 Å². The molecule has 1 aromatic heterocycles. The maximum Gasteiger partial charge on any atom is 0.132 e. The lowest BCUT2D eigenvalue weighted by Crippen LogP contribution is -2.10. The average Bonchev–Trinajstić information content (AvgIpc) is 2.77. The van der Waals surface area contributed by atoms with Gasteiger partial charge in [-0.25, -0.2) is 4.98 Å². The summed E-state index contributed by atoms with van der Waals surface area (Å²) in [7, 11) is 0. The van der Waals surface area contributed by atoms with Crippen molar-refractivity contribution in [1.82, 2.24) is 9.55 Å². The molecule has 1 aromatic rings. The predicted octanol–water partition coefficient (Wildman–Crippen LogP) is 2.66. The van der Waals surface area contributed by atoms with E-state index >= 15 is 0 Å². The van der Waals surface area contributed by atoms with Crippen molar-refractivity contribution in [2.24, 2.45) is 0 Å². The first-order valence-electron chi connectivity index (χ1n) is 4.75. The van der Waals surface area contributed by atoms with Crippen molar-refractivity contribution in [3.63, 3.8) is 0 Å². The number of halogens is 2. The second-order valence-electron chi connectivity index (χ2n) is 3.44. The molecule has 1 aliphatic rings. The van der Waals surface area contributed by atoms with Gasteiger partial charge in [-0.15, -0.1) is 0 Å². The number of rotatable bonds is 3. The molecule has 0 bridgehead atoms. The van der Waals surface area contributed by atoms with Crippen molar-refractivity contribution >= 4 is 45.2 Å². The van der Waals surface area contributed by atoms with Gasteiger partial charge in [0.15, 0.2) is 0 Å². The number of imidazole rings is 1.